The lowest BCUT2D eigenvalue weighted by atomic mass is 10.1. The van der Waals surface area contributed by atoms with Crippen molar-refractivity contribution < 1.29 is 0 Å². The number of benzene rings is 1. The van der Waals surface area contributed by atoms with Gasteiger partial charge in [-0.1, -0.05) is 30.8 Å². The molecule has 1 aromatic rings. The van der Waals surface area contributed by atoms with Gasteiger partial charge in [0.1, 0.15) is 3.72 Å². The molecule has 12 heavy (non-hydrogen) atoms. The minimum Gasteiger partial charge on any atom is -0.250 e. The zero-order valence-corrected chi connectivity index (χ0v) is 9.08. The Morgan fingerprint density at radius 1 is 1.50 bits per heavy atom. The summed E-state index contributed by atoms with van der Waals surface area (Å²) in [6, 6.07) is 8.17. The van der Waals surface area contributed by atoms with E-state index in [-0.39, 0.29) is 0 Å². The van der Waals surface area contributed by atoms with Crippen LogP contribution in [0.1, 0.15) is 11.1 Å². The highest BCUT2D eigenvalue weighted by Crippen LogP contribution is 2.12. The second kappa shape index (κ2) is 4.40. The Hall–Kier alpha value is -0.640. The van der Waals surface area contributed by atoms with Crippen molar-refractivity contribution in [3.05, 3.63) is 48.2 Å². The smallest absolute Gasteiger partial charge is 0.108 e. The first-order valence-corrected chi connectivity index (χ1v) is 4.74. The van der Waals surface area contributed by atoms with Gasteiger partial charge in [0.25, 0.3) is 0 Å². The van der Waals surface area contributed by atoms with E-state index in [9.17, 15) is 0 Å². The van der Waals surface area contributed by atoms with Crippen molar-refractivity contribution in [2.24, 2.45) is 4.99 Å². The van der Waals surface area contributed by atoms with Crippen molar-refractivity contribution in [2.75, 3.05) is 0 Å². The third-order valence-electron chi connectivity index (χ3n) is 1.57. The lowest BCUT2D eigenvalue weighted by molar-refractivity contribution is 1.44. The molecule has 1 aromatic carbocycles. The highest BCUT2D eigenvalue weighted by atomic mass is 127. The van der Waals surface area contributed by atoms with E-state index in [1.54, 1.807) is 6.20 Å². The number of aliphatic imine (C=N–C) groups is 1. The molecule has 0 spiro atoms. The molecule has 0 aliphatic carbocycles. The first kappa shape index (κ1) is 9.45. The Morgan fingerprint density at radius 3 is 2.75 bits per heavy atom. The van der Waals surface area contributed by atoms with E-state index in [0.717, 1.165) is 3.72 Å². The number of nitrogens with zero attached hydrogens (tertiary/aromatic N) is 1. The lowest BCUT2D eigenvalue weighted by Crippen LogP contribution is -1.92. The van der Waals surface area contributed by atoms with Crippen LogP contribution in [0, 0.1) is 6.92 Å². The average Bonchev–Trinajstić information content (AvgIpc) is 2.05. The molecule has 0 unspecified atom stereocenters. The van der Waals surface area contributed by atoms with Crippen LogP contribution in [0.15, 0.2) is 42.0 Å². The molecule has 0 saturated heterocycles. The van der Waals surface area contributed by atoms with Crippen molar-refractivity contribution in [3.63, 3.8) is 0 Å². The largest absolute Gasteiger partial charge is 0.250 e. The summed E-state index contributed by atoms with van der Waals surface area (Å²) in [7, 11) is 0. The Bertz CT molecular complexity index is 315. The maximum atomic E-state index is 4.12. The first-order valence-electron chi connectivity index (χ1n) is 3.66. The molecule has 0 amide bonds. The van der Waals surface area contributed by atoms with Gasteiger partial charge < -0.3 is 0 Å². The van der Waals surface area contributed by atoms with Crippen molar-refractivity contribution in [1.82, 2.24) is 0 Å². The summed E-state index contributed by atoms with van der Waals surface area (Å²) in [5.74, 6) is 0. The molecule has 0 aromatic heterocycles. The molecular weight excluding hydrogens is 261 g/mol. The van der Waals surface area contributed by atoms with Gasteiger partial charge in [-0.15, -0.1) is 0 Å². The van der Waals surface area contributed by atoms with E-state index in [0.29, 0.717) is 0 Å². The van der Waals surface area contributed by atoms with Crippen LogP contribution in [-0.2, 0) is 0 Å². The Morgan fingerprint density at radius 2 is 2.17 bits per heavy atom. The van der Waals surface area contributed by atoms with Gasteiger partial charge in [0.05, 0.1) is 0 Å². The van der Waals surface area contributed by atoms with Crippen molar-refractivity contribution >= 4 is 26.3 Å². The van der Waals surface area contributed by atoms with Gasteiger partial charge >= 0.3 is 0 Å². The molecule has 0 aliphatic heterocycles. The van der Waals surface area contributed by atoms with E-state index in [1.807, 2.05) is 12.1 Å². The van der Waals surface area contributed by atoms with Gasteiger partial charge in [0.2, 0.25) is 0 Å². The monoisotopic (exact) mass is 271 g/mol. The van der Waals surface area contributed by atoms with Gasteiger partial charge in [0, 0.05) is 11.8 Å². The molecule has 0 bridgehead atoms. The topological polar surface area (TPSA) is 12.4 Å². The van der Waals surface area contributed by atoms with E-state index >= 15 is 0 Å². The summed E-state index contributed by atoms with van der Waals surface area (Å²) in [6.45, 7) is 5.64. The molecule has 0 atom stereocenters. The molecule has 0 fully saturated rings. The molecule has 1 nitrogen and oxygen atoms in total. The first-order chi connectivity index (χ1) is 5.75. The van der Waals surface area contributed by atoms with E-state index < -0.39 is 0 Å². The highest BCUT2D eigenvalue weighted by Gasteiger charge is 1.99. The molecule has 0 aliphatic rings. The van der Waals surface area contributed by atoms with Gasteiger partial charge in [-0.25, -0.2) is 0 Å². The van der Waals surface area contributed by atoms with Crippen LogP contribution >= 0.6 is 22.6 Å². The second-order valence-corrected chi connectivity index (χ2v) is 3.44. The zero-order valence-electron chi connectivity index (χ0n) is 6.92. The molecule has 62 valence electrons. The number of aryl methyl sites for hydroxylation is 1. The van der Waals surface area contributed by atoms with Crippen molar-refractivity contribution in [2.45, 2.75) is 6.92 Å². The van der Waals surface area contributed by atoms with Crippen molar-refractivity contribution in [3.8, 4) is 0 Å². The normalized spacial score (nSPS) is 11.3. The minimum atomic E-state index is 0.987. The standard InChI is InChI=1S/C10H10IN/c1-3-12-10(11)9-7-5-4-6-8(9)2/h3-7H,1H2,2H3/b12-10+. The highest BCUT2D eigenvalue weighted by molar-refractivity contribution is 14.1. The summed E-state index contributed by atoms with van der Waals surface area (Å²) in [6.07, 6.45) is 1.56. The zero-order chi connectivity index (χ0) is 8.97. The predicted octanol–water partition coefficient (Wildman–Crippen LogP) is 3.32. The van der Waals surface area contributed by atoms with Gasteiger partial charge in [-0.3, -0.25) is 4.99 Å². The maximum Gasteiger partial charge on any atom is 0.108 e. The van der Waals surface area contributed by atoms with Crippen molar-refractivity contribution in [1.29, 1.82) is 0 Å². The maximum absolute atomic E-state index is 4.12. The fourth-order valence-electron chi connectivity index (χ4n) is 0.954. The summed E-state index contributed by atoms with van der Waals surface area (Å²) in [5, 5.41) is 0. The average molecular weight is 271 g/mol. The van der Waals surface area contributed by atoms with Crippen LogP contribution in [0.3, 0.4) is 0 Å². The van der Waals surface area contributed by atoms with Gasteiger partial charge in [0.15, 0.2) is 0 Å². The fraction of sp³-hybridized carbons (Fsp3) is 0.100. The summed E-state index contributed by atoms with van der Waals surface area (Å²) < 4.78 is 0.987. The molecule has 0 heterocycles. The summed E-state index contributed by atoms with van der Waals surface area (Å²) in [5.41, 5.74) is 2.42. The molecule has 0 saturated carbocycles. The molecule has 2 heteroatoms. The summed E-state index contributed by atoms with van der Waals surface area (Å²) in [4.78, 5) is 4.12. The third-order valence-corrected chi connectivity index (χ3v) is 2.43. The van der Waals surface area contributed by atoms with Crippen LogP contribution in [0.25, 0.3) is 0 Å². The molecule has 1 rings (SSSR count). The Balaban J connectivity index is 3.10. The lowest BCUT2D eigenvalue weighted by Gasteiger charge is -2.01. The number of hydrogen-bond donors (Lipinski definition) is 0. The number of halogens is 1. The van der Waals surface area contributed by atoms with Crippen LogP contribution in [0.2, 0.25) is 0 Å². The van der Waals surface area contributed by atoms with Crippen LogP contribution in [0.4, 0.5) is 0 Å². The third kappa shape index (κ3) is 2.17. The fourth-order valence-corrected chi connectivity index (χ4v) is 1.76. The van der Waals surface area contributed by atoms with Crippen LogP contribution in [0.5, 0.6) is 0 Å². The van der Waals surface area contributed by atoms with Crippen LogP contribution < -0.4 is 0 Å². The quantitative estimate of drug-likeness (QED) is 0.578. The summed E-state index contributed by atoms with van der Waals surface area (Å²) >= 11 is 2.21. The molecule has 0 N–H and O–H groups in total. The SMILES string of the molecule is C=C/N=C(/I)c1ccccc1C. The van der Waals surface area contributed by atoms with Gasteiger partial charge in [-0.05, 0) is 35.1 Å². The van der Waals surface area contributed by atoms with Crippen LogP contribution in [-0.4, -0.2) is 3.72 Å². The Labute approximate surface area is 86.4 Å². The number of rotatable bonds is 2. The van der Waals surface area contributed by atoms with Gasteiger partial charge in [-0.2, -0.15) is 0 Å². The second-order valence-electron chi connectivity index (χ2n) is 2.42. The van der Waals surface area contributed by atoms with E-state index in [2.05, 4.69) is 53.2 Å². The molecular formula is C10H10IN. The van der Waals surface area contributed by atoms with E-state index in [1.165, 1.54) is 11.1 Å². The molecule has 0 radical (unpaired) electrons. The van der Waals surface area contributed by atoms with E-state index in [4.69, 9.17) is 0 Å². The minimum absolute atomic E-state index is 0.987. The predicted molar refractivity (Wildman–Crippen MR) is 61.9 cm³/mol. The Kier molecular flexibility index (Phi) is 3.47. The number of hydrogen-bond acceptors (Lipinski definition) is 1.